The molecule has 144 valence electrons. The van der Waals surface area contributed by atoms with Crippen LogP contribution >= 0.6 is 11.6 Å². The molecule has 1 fully saturated rings. The first-order valence-electron chi connectivity index (χ1n) is 9.60. The third kappa shape index (κ3) is 6.26. The number of piperidine rings is 1. The lowest BCUT2D eigenvalue weighted by Gasteiger charge is -2.26. The Morgan fingerprint density at radius 2 is 1.85 bits per heavy atom. The molecule has 1 atom stereocenters. The number of nitrogens with one attached hydrogen (secondary N) is 1. The minimum absolute atomic E-state index is 0.142. The molecule has 2 aromatic rings. The Balaban J connectivity index is 1.49. The molecule has 0 aromatic heterocycles. The summed E-state index contributed by atoms with van der Waals surface area (Å²) in [6, 6.07) is 15.5. The van der Waals surface area contributed by atoms with E-state index in [-0.39, 0.29) is 5.91 Å². The Kier molecular flexibility index (Phi) is 7.13. The molecule has 3 rings (SSSR count). The summed E-state index contributed by atoms with van der Waals surface area (Å²) in [6.45, 7) is 5.58. The maximum Gasteiger partial charge on any atom is 0.261 e. The van der Waals surface area contributed by atoms with E-state index >= 15 is 0 Å². The molecule has 0 bridgehead atoms. The maximum absolute atomic E-state index is 12.3. The van der Waals surface area contributed by atoms with Crippen molar-refractivity contribution < 1.29 is 9.53 Å². The number of benzene rings is 2. The fraction of sp³-hybridized carbons (Fsp3) is 0.409. The first-order chi connectivity index (χ1) is 13.1. The Morgan fingerprint density at radius 1 is 1.11 bits per heavy atom. The van der Waals surface area contributed by atoms with Gasteiger partial charge in [-0.2, -0.15) is 0 Å². The van der Waals surface area contributed by atoms with E-state index in [1.54, 1.807) is 31.2 Å². The van der Waals surface area contributed by atoms with E-state index in [2.05, 4.69) is 28.4 Å². The summed E-state index contributed by atoms with van der Waals surface area (Å²) < 4.78 is 5.67. The van der Waals surface area contributed by atoms with Gasteiger partial charge in [-0.25, -0.2) is 0 Å². The lowest BCUT2D eigenvalue weighted by Crippen LogP contribution is -2.36. The summed E-state index contributed by atoms with van der Waals surface area (Å²) in [5.41, 5.74) is 2.40. The molecule has 1 unspecified atom stereocenters. The number of rotatable bonds is 7. The monoisotopic (exact) mass is 386 g/mol. The smallest absolute Gasteiger partial charge is 0.261 e. The quantitative estimate of drug-likeness (QED) is 0.766. The van der Waals surface area contributed by atoms with Gasteiger partial charge in [0.05, 0.1) is 0 Å². The largest absolute Gasteiger partial charge is 0.481 e. The highest BCUT2D eigenvalue weighted by molar-refractivity contribution is 6.30. The highest BCUT2D eigenvalue weighted by Crippen LogP contribution is 2.18. The number of hydrogen-bond acceptors (Lipinski definition) is 3. The van der Waals surface area contributed by atoms with Crippen LogP contribution in [-0.4, -0.2) is 30.0 Å². The van der Waals surface area contributed by atoms with E-state index in [9.17, 15) is 4.79 Å². The molecular formula is C22H27ClN2O2. The van der Waals surface area contributed by atoms with Crippen LogP contribution in [0.3, 0.4) is 0 Å². The van der Waals surface area contributed by atoms with Gasteiger partial charge in [-0.05, 0) is 62.2 Å². The Morgan fingerprint density at radius 3 is 2.63 bits per heavy atom. The number of hydrogen-bond donors (Lipinski definition) is 1. The molecule has 0 aliphatic carbocycles. The Hall–Kier alpha value is -2.04. The lowest BCUT2D eigenvalue weighted by atomic mass is 10.1. The minimum Gasteiger partial charge on any atom is -0.481 e. The summed E-state index contributed by atoms with van der Waals surface area (Å²) in [6.07, 6.45) is 3.35. The Labute approximate surface area is 166 Å². The average molecular weight is 387 g/mol. The van der Waals surface area contributed by atoms with Crippen LogP contribution in [0.15, 0.2) is 48.5 Å². The first kappa shape index (κ1) is 19.7. The number of nitrogens with zero attached hydrogens (tertiary/aromatic N) is 1. The van der Waals surface area contributed by atoms with Gasteiger partial charge in [-0.15, -0.1) is 0 Å². The summed E-state index contributed by atoms with van der Waals surface area (Å²) in [5, 5.41) is 3.54. The van der Waals surface area contributed by atoms with Gasteiger partial charge < -0.3 is 10.1 Å². The van der Waals surface area contributed by atoms with Crippen molar-refractivity contribution in [3.63, 3.8) is 0 Å². The topological polar surface area (TPSA) is 41.6 Å². The van der Waals surface area contributed by atoms with Gasteiger partial charge in [0.1, 0.15) is 5.75 Å². The zero-order valence-electron chi connectivity index (χ0n) is 15.8. The molecule has 0 saturated carbocycles. The van der Waals surface area contributed by atoms with Crippen molar-refractivity contribution in [2.75, 3.05) is 13.1 Å². The number of ether oxygens (including phenoxy) is 1. The summed E-state index contributed by atoms with van der Waals surface area (Å²) in [5.74, 6) is 0.449. The van der Waals surface area contributed by atoms with Crippen LogP contribution in [0, 0.1) is 0 Å². The van der Waals surface area contributed by atoms with Crippen LogP contribution in [0.2, 0.25) is 5.02 Å². The van der Waals surface area contributed by atoms with E-state index < -0.39 is 6.10 Å². The van der Waals surface area contributed by atoms with Gasteiger partial charge in [-0.1, -0.05) is 48.4 Å². The average Bonchev–Trinajstić information content (AvgIpc) is 2.67. The Bertz CT molecular complexity index is 759. The van der Waals surface area contributed by atoms with Gasteiger partial charge >= 0.3 is 0 Å². The molecule has 5 heteroatoms. The molecular weight excluding hydrogens is 360 g/mol. The van der Waals surface area contributed by atoms with Crippen molar-refractivity contribution >= 4 is 17.5 Å². The van der Waals surface area contributed by atoms with Crippen LogP contribution in [0.4, 0.5) is 0 Å². The van der Waals surface area contributed by atoms with Crippen molar-refractivity contribution in [3.8, 4) is 5.75 Å². The van der Waals surface area contributed by atoms with Gasteiger partial charge in [0.2, 0.25) is 0 Å². The highest BCUT2D eigenvalue weighted by atomic mass is 35.5. The zero-order chi connectivity index (χ0) is 19.1. The lowest BCUT2D eigenvalue weighted by molar-refractivity contribution is -0.127. The van der Waals surface area contributed by atoms with Crippen molar-refractivity contribution in [1.29, 1.82) is 0 Å². The van der Waals surface area contributed by atoms with Crippen molar-refractivity contribution in [1.82, 2.24) is 10.2 Å². The summed E-state index contributed by atoms with van der Waals surface area (Å²) in [4.78, 5) is 14.8. The molecule has 27 heavy (non-hydrogen) atoms. The van der Waals surface area contributed by atoms with Crippen LogP contribution in [0.1, 0.15) is 37.3 Å². The third-order valence-electron chi connectivity index (χ3n) is 4.79. The van der Waals surface area contributed by atoms with E-state index in [1.165, 1.54) is 37.9 Å². The van der Waals surface area contributed by atoms with Crippen molar-refractivity contribution in [3.05, 3.63) is 64.7 Å². The predicted molar refractivity (Wildman–Crippen MR) is 109 cm³/mol. The minimum atomic E-state index is -0.583. The summed E-state index contributed by atoms with van der Waals surface area (Å²) in [7, 11) is 0. The second-order valence-corrected chi connectivity index (χ2v) is 7.53. The number of amides is 1. The van der Waals surface area contributed by atoms with Crippen molar-refractivity contribution in [2.24, 2.45) is 0 Å². The van der Waals surface area contributed by atoms with Crippen LogP contribution in [-0.2, 0) is 17.9 Å². The standard InChI is InChI=1S/C22H27ClN2O2/c1-17(27-21-10-6-9-20(23)14-21)22(26)24-15-18-7-5-8-19(13-18)16-25-11-3-2-4-12-25/h5-10,13-14,17H,2-4,11-12,15-16H2,1H3,(H,24,26). The van der Waals surface area contributed by atoms with Gasteiger partial charge in [0.25, 0.3) is 5.91 Å². The molecule has 1 saturated heterocycles. The fourth-order valence-corrected chi connectivity index (χ4v) is 3.52. The predicted octanol–water partition coefficient (Wildman–Crippen LogP) is 4.41. The second-order valence-electron chi connectivity index (χ2n) is 7.09. The number of carbonyl (C=O) groups excluding carboxylic acids is 1. The molecule has 1 aliphatic heterocycles. The van der Waals surface area contributed by atoms with Crippen LogP contribution in [0.25, 0.3) is 0 Å². The van der Waals surface area contributed by atoms with E-state index in [1.807, 2.05) is 6.07 Å². The molecule has 1 N–H and O–H groups in total. The maximum atomic E-state index is 12.3. The van der Waals surface area contributed by atoms with Gasteiger partial charge in [-0.3, -0.25) is 9.69 Å². The molecule has 0 spiro atoms. The molecule has 1 aliphatic rings. The highest BCUT2D eigenvalue weighted by Gasteiger charge is 2.15. The van der Waals surface area contributed by atoms with Crippen molar-refractivity contribution in [2.45, 2.75) is 45.4 Å². The number of halogens is 1. The molecule has 1 amide bonds. The zero-order valence-corrected chi connectivity index (χ0v) is 16.5. The SMILES string of the molecule is CC(Oc1cccc(Cl)c1)C(=O)NCc1cccc(CN2CCCCC2)c1. The molecule has 4 nitrogen and oxygen atoms in total. The van der Waals surface area contributed by atoms with E-state index in [0.29, 0.717) is 17.3 Å². The first-order valence-corrected chi connectivity index (χ1v) is 9.98. The van der Waals surface area contributed by atoms with E-state index in [4.69, 9.17) is 16.3 Å². The third-order valence-corrected chi connectivity index (χ3v) is 5.03. The summed E-state index contributed by atoms with van der Waals surface area (Å²) >= 11 is 5.95. The molecule has 0 radical (unpaired) electrons. The van der Waals surface area contributed by atoms with Gasteiger partial charge in [0, 0.05) is 18.1 Å². The van der Waals surface area contributed by atoms with E-state index in [0.717, 1.165) is 12.1 Å². The van der Waals surface area contributed by atoms with Crippen LogP contribution in [0.5, 0.6) is 5.75 Å². The number of likely N-dealkylation sites (tertiary alicyclic amines) is 1. The molecule has 2 aromatic carbocycles. The molecule has 1 heterocycles. The number of carbonyl (C=O) groups is 1. The van der Waals surface area contributed by atoms with Crippen LogP contribution < -0.4 is 10.1 Å². The fourth-order valence-electron chi connectivity index (χ4n) is 3.34. The second kappa shape index (κ2) is 9.77. The normalized spacial score (nSPS) is 15.9. The van der Waals surface area contributed by atoms with Gasteiger partial charge in [0.15, 0.2) is 6.10 Å².